The van der Waals surface area contributed by atoms with Crippen LogP contribution in [0.15, 0.2) is 18.3 Å². The Kier molecular flexibility index (Phi) is 2.67. The Morgan fingerprint density at radius 1 is 1.73 bits per heavy atom. The van der Waals surface area contributed by atoms with E-state index in [-0.39, 0.29) is 11.4 Å². The van der Waals surface area contributed by atoms with Crippen LogP contribution in [-0.4, -0.2) is 9.19 Å². The lowest BCUT2D eigenvalue weighted by molar-refractivity contribution is 0.606. The van der Waals surface area contributed by atoms with Crippen LogP contribution in [0.4, 0.5) is 4.39 Å². The van der Waals surface area contributed by atoms with Crippen molar-refractivity contribution in [2.75, 3.05) is 0 Å². The molecule has 1 unspecified atom stereocenters. The molecule has 0 fully saturated rings. The van der Waals surface area contributed by atoms with E-state index < -0.39 is 16.8 Å². The quantitative estimate of drug-likeness (QED) is 0.703. The summed E-state index contributed by atoms with van der Waals surface area (Å²) in [5.41, 5.74) is 0.147. The molecule has 1 aromatic heterocycles. The number of pyridine rings is 1. The third kappa shape index (κ3) is 2.36. The summed E-state index contributed by atoms with van der Waals surface area (Å²) in [5.74, 6) is -0.501. The molecule has 2 N–H and O–H groups in total. The molecule has 0 saturated heterocycles. The molecule has 0 radical (unpaired) electrons. The molecule has 60 valence electrons. The summed E-state index contributed by atoms with van der Waals surface area (Å²) in [7, 11) is -1.53. The molecule has 0 aromatic carbocycles. The van der Waals surface area contributed by atoms with Crippen LogP contribution in [0.2, 0.25) is 0 Å². The van der Waals surface area contributed by atoms with Crippen LogP contribution >= 0.6 is 0 Å². The number of nitrogens with two attached hydrogens (primary N) is 1. The maximum Gasteiger partial charge on any atom is 0.145 e. The van der Waals surface area contributed by atoms with Crippen molar-refractivity contribution in [1.82, 2.24) is 4.98 Å². The molecule has 1 rings (SSSR count). The first-order valence-corrected chi connectivity index (χ1v) is 4.30. The highest BCUT2D eigenvalue weighted by atomic mass is 32.2. The zero-order valence-corrected chi connectivity index (χ0v) is 6.47. The highest BCUT2D eigenvalue weighted by Crippen LogP contribution is 2.03. The smallest absolute Gasteiger partial charge is 0.145 e. The van der Waals surface area contributed by atoms with E-state index in [1.165, 1.54) is 18.3 Å². The Hall–Kier alpha value is -0.810. The van der Waals surface area contributed by atoms with Crippen LogP contribution in [-0.2, 0) is 16.7 Å². The summed E-state index contributed by atoms with van der Waals surface area (Å²) >= 11 is 0. The predicted molar refractivity (Wildman–Crippen MR) is 40.2 cm³/mol. The van der Waals surface area contributed by atoms with Crippen molar-refractivity contribution in [3.8, 4) is 0 Å². The first-order valence-electron chi connectivity index (χ1n) is 2.92. The Bertz CT molecular complexity index is 279. The number of nitrogens with zero attached hydrogens (tertiary/aromatic N) is 1. The van der Waals surface area contributed by atoms with E-state index in [1.54, 1.807) is 0 Å². The second kappa shape index (κ2) is 3.54. The molecule has 5 heteroatoms. The average molecular weight is 174 g/mol. The zero-order chi connectivity index (χ0) is 8.27. The van der Waals surface area contributed by atoms with E-state index in [9.17, 15) is 8.60 Å². The molecular weight excluding hydrogens is 167 g/mol. The number of aromatic nitrogens is 1. The first kappa shape index (κ1) is 8.29. The lowest BCUT2D eigenvalue weighted by Crippen LogP contribution is -2.08. The normalized spacial score (nSPS) is 12.9. The molecule has 0 aliphatic rings. The van der Waals surface area contributed by atoms with E-state index in [1.807, 2.05) is 0 Å². The topological polar surface area (TPSA) is 56.0 Å². The van der Waals surface area contributed by atoms with E-state index in [4.69, 9.17) is 5.14 Å². The van der Waals surface area contributed by atoms with Gasteiger partial charge >= 0.3 is 0 Å². The minimum absolute atomic E-state index is 0.0350. The maximum absolute atomic E-state index is 12.7. The second-order valence-electron chi connectivity index (χ2n) is 1.96. The molecule has 11 heavy (non-hydrogen) atoms. The standard InChI is InChI=1S/C6H7FN2OS/c7-5-2-1-3-9-6(5)4-11(8)10/h1-3H,4,8H2. The predicted octanol–water partition coefficient (Wildman–Crippen LogP) is 0.343. The molecule has 0 bridgehead atoms. The van der Waals surface area contributed by atoms with Crippen molar-refractivity contribution in [3.63, 3.8) is 0 Å². The summed E-state index contributed by atoms with van der Waals surface area (Å²) in [4.78, 5) is 3.67. The van der Waals surface area contributed by atoms with Crippen LogP contribution < -0.4 is 5.14 Å². The van der Waals surface area contributed by atoms with Crippen molar-refractivity contribution in [1.29, 1.82) is 0 Å². The van der Waals surface area contributed by atoms with Crippen LogP contribution in [0.25, 0.3) is 0 Å². The van der Waals surface area contributed by atoms with E-state index in [2.05, 4.69) is 4.98 Å². The molecule has 0 saturated carbocycles. The number of rotatable bonds is 2. The summed E-state index contributed by atoms with van der Waals surface area (Å²) < 4.78 is 23.1. The van der Waals surface area contributed by atoms with Crippen LogP contribution in [0.1, 0.15) is 5.69 Å². The van der Waals surface area contributed by atoms with Gasteiger partial charge in [-0.3, -0.25) is 10.1 Å². The Balaban J connectivity index is 2.86. The van der Waals surface area contributed by atoms with Gasteiger partial charge in [-0.2, -0.15) is 0 Å². The highest BCUT2D eigenvalue weighted by molar-refractivity contribution is 7.81. The van der Waals surface area contributed by atoms with Crippen molar-refractivity contribution in [2.45, 2.75) is 5.75 Å². The van der Waals surface area contributed by atoms with Gasteiger partial charge in [-0.25, -0.2) is 8.60 Å². The molecule has 1 heterocycles. The average Bonchev–Trinajstić information content (AvgIpc) is 1.93. The lowest BCUT2D eigenvalue weighted by Gasteiger charge is -1.96. The fraction of sp³-hybridized carbons (Fsp3) is 0.167. The van der Waals surface area contributed by atoms with E-state index in [0.29, 0.717) is 0 Å². The van der Waals surface area contributed by atoms with Gasteiger partial charge in [-0.05, 0) is 12.1 Å². The van der Waals surface area contributed by atoms with Gasteiger partial charge < -0.3 is 0 Å². The van der Waals surface area contributed by atoms with Gasteiger partial charge in [-0.1, -0.05) is 0 Å². The monoisotopic (exact) mass is 174 g/mol. The molecule has 0 aliphatic heterocycles. The Morgan fingerprint density at radius 3 is 3.00 bits per heavy atom. The zero-order valence-electron chi connectivity index (χ0n) is 5.66. The highest BCUT2D eigenvalue weighted by Gasteiger charge is 2.03. The van der Waals surface area contributed by atoms with Gasteiger partial charge in [0.25, 0.3) is 0 Å². The van der Waals surface area contributed by atoms with Crippen molar-refractivity contribution < 1.29 is 8.60 Å². The first-order chi connectivity index (χ1) is 5.20. The van der Waals surface area contributed by atoms with Crippen molar-refractivity contribution in [3.05, 3.63) is 29.8 Å². The molecule has 3 nitrogen and oxygen atoms in total. The largest absolute Gasteiger partial charge is 0.257 e. The fourth-order valence-electron chi connectivity index (χ4n) is 0.659. The van der Waals surface area contributed by atoms with Gasteiger partial charge in [0.15, 0.2) is 0 Å². The van der Waals surface area contributed by atoms with Crippen molar-refractivity contribution >= 4 is 11.0 Å². The van der Waals surface area contributed by atoms with Crippen LogP contribution in [0.3, 0.4) is 0 Å². The number of hydrogen-bond acceptors (Lipinski definition) is 2. The number of hydrogen-bond donors (Lipinski definition) is 1. The molecule has 0 aliphatic carbocycles. The summed E-state index contributed by atoms with van der Waals surface area (Å²) in [6.07, 6.45) is 1.44. The van der Waals surface area contributed by atoms with E-state index in [0.717, 1.165) is 0 Å². The third-order valence-electron chi connectivity index (χ3n) is 1.11. The SMILES string of the molecule is NS(=O)Cc1ncccc1F. The van der Waals surface area contributed by atoms with E-state index >= 15 is 0 Å². The Labute approximate surface area is 66.0 Å². The minimum atomic E-state index is -1.53. The summed E-state index contributed by atoms with van der Waals surface area (Å²) in [6.45, 7) is 0. The summed E-state index contributed by atoms with van der Waals surface area (Å²) in [5, 5.41) is 4.96. The Morgan fingerprint density at radius 2 is 2.45 bits per heavy atom. The molecule has 1 atom stereocenters. The summed E-state index contributed by atoms with van der Waals surface area (Å²) in [6, 6.07) is 2.73. The van der Waals surface area contributed by atoms with Gasteiger partial charge in [0.2, 0.25) is 0 Å². The van der Waals surface area contributed by atoms with Gasteiger partial charge in [0, 0.05) is 6.20 Å². The van der Waals surface area contributed by atoms with Crippen molar-refractivity contribution in [2.24, 2.45) is 5.14 Å². The lowest BCUT2D eigenvalue weighted by atomic mass is 10.4. The second-order valence-corrected chi connectivity index (χ2v) is 3.01. The van der Waals surface area contributed by atoms with Gasteiger partial charge in [-0.15, -0.1) is 0 Å². The maximum atomic E-state index is 12.7. The molecule has 1 aromatic rings. The third-order valence-corrected chi connectivity index (χ3v) is 1.67. The number of halogens is 1. The molecule has 0 spiro atoms. The van der Waals surface area contributed by atoms with Gasteiger partial charge in [0.05, 0.1) is 22.4 Å². The minimum Gasteiger partial charge on any atom is -0.257 e. The van der Waals surface area contributed by atoms with Gasteiger partial charge in [0.1, 0.15) is 5.82 Å². The van der Waals surface area contributed by atoms with Crippen LogP contribution in [0.5, 0.6) is 0 Å². The molecular formula is C6H7FN2OS. The van der Waals surface area contributed by atoms with Crippen LogP contribution in [0, 0.1) is 5.82 Å². The fourth-order valence-corrected chi connectivity index (χ4v) is 1.14. The molecule has 0 amide bonds.